The summed E-state index contributed by atoms with van der Waals surface area (Å²) in [5.74, 6) is 0.505. The Morgan fingerprint density at radius 3 is 2.38 bits per heavy atom. The molecule has 0 spiro atoms. The fraction of sp³-hybridized carbons (Fsp3) is 0.294. The van der Waals surface area contributed by atoms with E-state index in [0.29, 0.717) is 18.2 Å². The van der Waals surface area contributed by atoms with E-state index in [9.17, 15) is 10.1 Å². The number of nitro groups is 1. The number of nitro benzene ring substituents is 1. The molecular formula is C17H20N2O2. The van der Waals surface area contributed by atoms with Crippen molar-refractivity contribution in [3.05, 3.63) is 69.3 Å². The Morgan fingerprint density at radius 1 is 1.14 bits per heavy atom. The average molecular weight is 284 g/mol. The number of hydrogen-bond acceptors (Lipinski definition) is 3. The Hall–Kier alpha value is -2.36. The predicted molar refractivity (Wildman–Crippen MR) is 85.7 cm³/mol. The van der Waals surface area contributed by atoms with Crippen molar-refractivity contribution in [3.8, 4) is 0 Å². The summed E-state index contributed by atoms with van der Waals surface area (Å²) in [4.78, 5) is 10.7. The molecule has 2 rings (SSSR count). The molecule has 2 aromatic carbocycles. The Kier molecular flexibility index (Phi) is 4.58. The van der Waals surface area contributed by atoms with Gasteiger partial charge in [0, 0.05) is 12.6 Å². The van der Waals surface area contributed by atoms with Crippen molar-refractivity contribution in [2.24, 2.45) is 0 Å². The van der Waals surface area contributed by atoms with Gasteiger partial charge in [0.15, 0.2) is 0 Å². The zero-order valence-corrected chi connectivity index (χ0v) is 12.6. The maximum atomic E-state index is 11.1. The number of rotatable bonds is 5. The Balaban J connectivity index is 2.11. The van der Waals surface area contributed by atoms with E-state index < -0.39 is 0 Å². The van der Waals surface area contributed by atoms with Gasteiger partial charge in [-0.25, -0.2) is 0 Å². The molecule has 0 heterocycles. The van der Waals surface area contributed by atoms with Crippen molar-refractivity contribution in [1.82, 2.24) is 0 Å². The van der Waals surface area contributed by atoms with Gasteiger partial charge in [-0.2, -0.15) is 0 Å². The van der Waals surface area contributed by atoms with Gasteiger partial charge in [-0.3, -0.25) is 10.1 Å². The second-order valence-electron chi connectivity index (χ2n) is 5.53. The SMILES string of the molecule is Cc1ccc(NCc2ccc(C(C)C)cc2)c([N+](=O)[O-])c1. The van der Waals surface area contributed by atoms with Gasteiger partial charge >= 0.3 is 0 Å². The summed E-state index contributed by atoms with van der Waals surface area (Å²) in [6, 6.07) is 13.5. The number of nitrogens with one attached hydrogen (secondary N) is 1. The van der Waals surface area contributed by atoms with Crippen LogP contribution >= 0.6 is 0 Å². The minimum Gasteiger partial charge on any atom is -0.375 e. The molecule has 0 aliphatic carbocycles. The van der Waals surface area contributed by atoms with Crippen LogP contribution in [0.1, 0.15) is 36.5 Å². The topological polar surface area (TPSA) is 55.2 Å². The molecule has 0 atom stereocenters. The molecule has 1 N–H and O–H groups in total. The zero-order valence-electron chi connectivity index (χ0n) is 12.6. The summed E-state index contributed by atoms with van der Waals surface area (Å²) >= 11 is 0. The van der Waals surface area contributed by atoms with Crippen LogP contribution in [-0.4, -0.2) is 4.92 Å². The quantitative estimate of drug-likeness (QED) is 0.643. The molecule has 110 valence electrons. The molecule has 2 aromatic rings. The van der Waals surface area contributed by atoms with Crippen molar-refractivity contribution in [3.63, 3.8) is 0 Å². The van der Waals surface area contributed by atoms with E-state index in [1.807, 2.05) is 13.0 Å². The van der Waals surface area contributed by atoms with E-state index >= 15 is 0 Å². The van der Waals surface area contributed by atoms with Gasteiger partial charge < -0.3 is 5.32 Å². The predicted octanol–water partition coefficient (Wildman–Crippen LogP) is 4.64. The van der Waals surface area contributed by atoms with Crippen LogP contribution in [0.25, 0.3) is 0 Å². The van der Waals surface area contributed by atoms with E-state index in [-0.39, 0.29) is 10.6 Å². The molecule has 0 aliphatic heterocycles. The van der Waals surface area contributed by atoms with Gasteiger partial charge in [-0.05, 0) is 35.6 Å². The van der Waals surface area contributed by atoms with Crippen LogP contribution in [0.2, 0.25) is 0 Å². The second-order valence-corrected chi connectivity index (χ2v) is 5.53. The minimum absolute atomic E-state index is 0.119. The van der Waals surface area contributed by atoms with Crippen LogP contribution in [0, 0.1) is 17.0 Å². The summed E-state index contributed by atoms with van der Waals surface area (Å²) < 4.78 is 0. The summed E-state index contributed by atoms with van der Waals surface area (Å²) in [6.45, 7) is 6.73. The van der Waals surface area contributed by atoms with E-state index in [4.69, 9.17) is 0 Å². The van der Waals surface area contributed by atoms with Gasteiger partial charge in [0.2, 0.25) is 0 Å². The highest BCUT2D eigenvalue weighted by molar-refractivity contribution is 5.62. The highest BCUT2D eigenvalue weighted by atomic mass is 16.6. The Morgan fingerprint density at radius 2 is 1.81 bits per heavy atom. The molecular weight excluding hydrogens is 264 g/mol. The number of aryl methyl sites for hydroxylation is 1. The van der Waals surface area contributed by atoms with E-state index in [1.54, 1.807) is 12.1 Å². The number of nitrogens with zero attached hydrogens (tertiary/aromatic N) is 1. The van der Waals surface area contributed by atoms with Crippen molar-refractivity contribution in [1.29, 1.82) is 0 Å². The molecule has 21 heavy (non-hydrogen) atoms. The second kappa shape index (κ2) is 6.39. The standard InChI is InChI=1S/C17H20N2O2/c1-12(2)15-7-5-14(6-8-15)11-18-16-9-4-13(3)10-17(16)19(20)21/h4-10,12,18H,11H2,1-3H3. The van der Waals surface area contributed by atoms with Gasteiger partial charge in [-0.1, -0.05) is 44.2 Å². The maximum absolute atomic E-state index is 11.1. The van der Waals surface area contributed by atoms with Crippen molar-refractivity contribution in [2.75, 3.05) is 5.32 Å². The van der Waals surface area contributed by atoms with Gasteiger partial charge in [0.25, 0.3) is 5.69 Å². The fourth-order valence-electron chi connectivity index (χ4n) is 2.16. The molecule has 4 heteroatoms. The van der Waals surface area contributed by atoms with Gasteiger partial charge in [-0.15, -0.1) is 0 Å². The smallest absolute Gasteiger partial charge is 0.292 e. The lowest BCUT2D eigenvalue weighted by molar-refractivity contribution is -0.384. The third kappa shape index (κ3) is 3.81. The van der Waals surface area contributed by atoms with Gasteiger partial charge in [0.05, 0.1) is 4.92 Å². The number of hydrogen-bond donors (Lipinski definition) is 1. The fourth-order valence-corrected chi connectivity index (χ4v) is 2.16. The van der Waals surface area contributed by atoms with Crippen LogP contribution in [0.4, 0.5) is 11.4 Å². The molecule has 0 unspecified atom stereocenters. The Labute approximate surface area is 125 Å². The summed E-state index contributed by atoms with van der Waals surface area (Å²) in [7, 11) is 0. The first kappa shape index (κ1) is 15.0. The van der Waals surface area contributed by atoms with Crippen molar-refractivity contribution >= 4 is 11.4 Å². The Bertz CT molecular complexity index is 634. The first-order chi connectivity index (χ1) is 9.97. The molecule has 0 aromatic heterocycles. The van der Waals surface area contributed by atoms with Crippen LogP contribution in [0.15, 0.2) is 42.5 Å². The molecule has 0 fully saturated rings. The maximum Gasteiger partial charge on any atom is 0.292 e. The minimum atomic E-state index is -0.350. The molecule has 4 nitrogen and oxygen atoms in total. The van der Waals surface area contributed by atoms with Crippen molar-refractivity contribution < 1.29 is 4.92 Å². The van der Waals surface area contributed by atoms with Crippen LogP contribution < -0.4 is 5.32 Å². The van der Waals surface area contributed by atoms with Gasteiger partial charge in [0.1, 0.15) is 5.69 Å². The van der Waals surface area contributed by atoms with Crippen molar-refractivity contribution in [2.45, 2.75) is 33.2 Å². The first-order valence-corrected chi connectivity index (χ1v) is 7.05. The summed E-state index contributed by atoms with van der Waals surface area (Å²) in [5.41, 5.74) is 3.95. The van der Waals surface area contributed by atoms with Crippen LogP contribution in [-0.2, 0) is 6.54 Å². The molecule has 0 amide bonds. The molecule has 0 saturated heterocycles. The average Bonchev–Trinajstić information content (AvgIpc) is 2.46. The number of benzene rings is 2. The molecule has 0 bridgehead atoms. The van der Waals surface area contributed by atoms with E-state index in [1.165, 1.54) is 5.56 Å². The third-order valence-electron chi connectivity index (χ3n) is 3.48. The summed E-state index contributed by atoms with van der Waals surface area (Å²) in [6.07, 6.45) is 0. The zero-order chi connectivity index (χ0) is 15.4. The highest BCUT2D eigenvalue weighted by Gasteiger charge is 2.13. The molecule has 0 radical (unpaired) electrons. The first-order valence-electron chi connectivity index (χ1n) is 7.05. The van der Waals surface area contributed by atoms with E-state index in [0.717, 1.165) is 11.1 Å². The lowest BCUT2D eigenvalue weighted by Gasteiger charge is -2.10. The summed E-state index contributed by atoms with van der Waals surface area (Å²) in [5, 5.41) is 14.2. The molecule has 0 aliphatic rings. The normalized spacial score (nSPS) is 10.7. The number of anilines is 1. The van der Waals surface area contributed by atoms with E-state index in [2.05, 4.69) is 43.4 Å². The lowest BCUT2D eigenvalue weighted by Crippen LogP contribution is -2.03. The third-order valence-corrected chi connectivity index (χ3v) is 3.48. The largest absolute Gasteiger partial charge is 0.375 e. The monoisotopic (exact) mass is 284 g/mol. The highest BCUT2D eigenvalue weighted by Crippen LogP contribution is 2.26. The molecule has 0 saturated carbocycles. The van der Waals surface area contributed by atoms with Crippen LogP contribution in [0.3, 0.4) is 0 Å². The van der Waals surface area contributed by atoms with Crippen LogP contribution in [0.5, 0.6) is 0 Å². The lowest BCUT2D eigenvalue weighted by atomic mass is 10.0.